The van der Waals surface area contributed by atoms with Crippen LogP contribution in [-0.2, 0) is 4.74 Å². The molecule has 3 nitrogen and oxygen atoms in total. The Morgan fingerprint density at radius 1 is 1.73 bits per heavy atom. The second kappa shape index (κ2) is 2.13. The molecule has 1 unspecified atom stereocenters. The molecular weight excluding hydrogens is 142 g/mol. The minimum atomic E-state index is -0.237. The van der Waals surface area contributed by atoms with Crippen LogP contribution in [0, 0.1) is 5.92 Å². The average Bonchev–Trinajstić information content (AvgIpc) is 2.77. The van der Waals surface area contributed by atoms with Gasteiger partial charge in [0.2, 0.25) is 0 Å². The number of alkyl carbamates (subject to hydrolysis) is 1. The molecular formula is C8H13NO2. The van der Waals surface area contributed by atoms with E-state index in [1.54, 1.807) is 0 Å². The summed E-state index contributed by atoms with van der Waals surface area (Å²) in [5.74, 6) is 0.680. The third kappa shape index (κ3) is 0.988. The number of nitrogens with one attached hydrogen (secondary N) is 1. The largest absolute Gasteiger partial charge is 0.447 e. The van der Waals surface area contributed by atoms with E-state index in [1.807, 2.05) is 0 Å². The van der Waals surface area contributed by atoms with Crippen LogP contribution in [0.4, 0.5) is 4.79 Å². The molecule has 1 saturated carbocycles. The Bertz CT molecular complexity index is 189. The third-order valence-corrected chi connectivity index (χ3v) is 2.80. The van der Waals surface area contributed by atoms with Crippen LogP contribution in [0.5, 0.6) is 0 Å². The minimum absolute atomic E-state index is 0.00289. The molecule has 1 N–H and O–H groups in total. The quantitative estimate of drug-likeness (QED) is 0.652. The maximum Gasteiger partial charge on any atom is 0.407 e. The Kier molecular flexibility index (Phi) is 1.34. The summed E-state index contributed by atoms with van der Waals surface area (Å²) in [4.78, 5) is 10.8. The fourth-order valence-electron chi connectivity index (χ4n) is 1.80. The molecule has 2 rings (SSSR count). The summed E-state index contributed by atoms with van der Waals surface area (Å²) < 4.78 is 4.91. The van der Waals surface area contributed by atoms with E-state index >= 15 is 0 Å². The molecule has 3 heteroatoms. The molecule has 0 aromatic rings. The van der Waals surface area contributed by atoms with Crippen LogP contribution in [0.15, 0.2) is 0 Å². The highest BCUT2D eigenvalue weighted by Crippen LogP contribution is 2.43. The Hall–Kier alpha value is -0.730. The normalized spacial score (nSPS) is 36.6. The summed E-state index contributed by atoms with van der Waals surface area (Å²) in [6.45, 7) is 2.68. The SMILES string of the molecule is CCC1(C2CC2)COC(=O)N1. The van der Waals surface area contributed by atoms with Gasteiger partial charge in [0.1, 0.15) is 6.61 Å². The van der Waals surface area contributed by atoms with Crippen molar-refractivity contribution in [2.24, 2.45) is 5.92 Å². The molecule has 11 heavy (non-hydrogen) atoms. The average molecular weight is 155 g/mol. The number of ether oxygens (including phenoxy) is 1. The van der Waals surface area contributed by atoms with Gasteiger partial charge in [-0.05, 0) is 25.2 Å². The van der Waals surface area contributed by atoms with Gasteiger partial charge in [0, 0.05) is 0 Å². The smallest absolute Gasteiger partial charge is 0.407 e. The van der Waals surface area contributed by atoms with Gasteiger partial charge in [-0.15, -0.1) is 0 Å². The van der Waals surface area contributed by atoms with Gasteiger partial charge in [-0.3, -0.25) is 0 Å². The summed E-state index contributed by atoms with van der Waals surface area (Å²) >= 11 is 0. The van der Waals surface area contributed by atoms with Crippen molar-refractivity contribution in [1.29, 1.82) is 0 Å². The van der Waals surface area contributed by atoms with Crippen molar-refractivity contribution in [3.05, 3.63) is 0 Å². The second-order valence-corrected chi connectivity index (χ2v) is 3.49. The standard InChI is InChI=1S/C8H13NO2/c1-2-8(6-3-4-6)5-11-7(10)9-8/h6H,2-5H2,1H3,(H,9,10). The Morgan fingerprint density at radius 2 is 2.45 bits per heavy atom. The van der Waals surface area contributed by atoms with Crippen LogP contribution in [0.2, 0.25) is 0 Å². The van der Waals surface area contributed by atoms with Gasteiger partial charge < -0.3 is 10.1 Å². The van der Waals surface area contributed by atoms with Crippen molar-refractivity contribution in [2.45, 2.75) is 31.7 Å². The molecule has 1 atom stereocenters. The number of rotatable bonds is 2. The molecule has 62 valence electrons. The second-order valence-electron chi connectivity index (χ2n) is 3.49. The molecule has 2 aliphatic rings. The van der Waals surface area contributed by atoms with Crippen molar-refractivity contribution >= 4 is 6.09 Å². The van der Waals surface area contributed by atoms with Crippen LogP contribution >= 0.6 is 0 Å². The zero-order valence-electron chi connectivity index (χ0n) is 6.72. The fraction of sp³-hybridized carbons (Fsp3) is 0.875. The lowest BCUT2D eigenvalue weighted by atomic mass is 9.92. The van der Waals surface area contributed by atoms with Gasteiger partial charge in [0.25, 0.3) is 0 Å². The molecule has 0 bridgehead atoms. The predicted octanol–water partition coefficient (Wildman–Crippen LogP) is 1.28. The monoisotopic (exact) mass is 155 g/mol. The first-order chi connectivity index (χ1) is 5.27. The molecule has 1 aliphatic heterocycles. The topological polar surface area (TPSA) is 38.3 Å². The van der Waals surface area contributed by atoms with Gasteiger partial charge in [-0.2, -0.15) is 0 Å². The summed E-state index contributed by atoms with van der Waals surface area (Å²) in [6.07, 6.45) is 3.25. The van der Waals surface area contributed by atoms with Gasteiger partial charge in [-0.25, -0.2) is 4.79 Å². The van der Waals surface area contributed by atoms with Crippen LogP contribution in [0.1, 0.15) is 26.2 Å². The van der Waals surface area contributed by atoms with Gasteiger partial charge in [0.15, 0.2) is 0 Å². The van der Waals surface area contributed by atoms with Crippen molar-refractivity contribution in [3.63, 3.8) is 0 Å². The van der Waals surface area contributed by atoms with E-state index < -0.39 is 0 Å². The summed E-state index contributed by atoms with van der Waals surface area (Å²) in [6, 6.07) is 0. The van der Waals surface area contributed by atoms with E-state index in [0.717, 1.165) is 6.42 Å². The molecule has 1 saturated heterocycles. The van der Waals surface area contributed by atoms with E-state index in [4.69, 9.17) is 4.74 Å². The summed E-state index contributed by atoms with van der Waals surface area (Å²) in [5.41, 5.74) is -0.00289. The van der Waals surface area contributed by atoms with E-state index in [9.17, 15) is 4.79 Å². The number of carbonyl (C=O) groups is 1. The van der Waals surface area contributed by atoms with Crippen LogP contribution in [0.25, 0.3) is 0 Å². The minimum Gasteiger partial charge on any atom is -0.447 e. The maximum atomic E-state index is 10.8. The number of cyclic esters (lactones) is 1. The van der Waals surface area contributed by atoms with Gasteiger partial charge >= 0.3 is 6.09 Å². The number of hydrogen-bond acceptors (Lipinski definition) is 2. The zero-order valence-corrected chi connectivity index (χ0v) is 6.72. The van der Waals surface area contributed by atoms with E-state index in [-0.39, 0.29) is 11.6 Å². The predicted molar refractivity (Wildman–Crippen MR) is 40.2 cm³/mol. The van der Waals surface area contributed by atoms with E-state index in [0.29, 0.717) is 12.5 Å². The fourth-order valence-corrected chi connectivity index (χ4v) is 1.80. The van der Waals surface area contributed by atoms with Crippen LogP contribution < -0.4 is 5.32 Å². The van der Waals surface area contributed by atoms with Crippen molar-refractivity contribution in [1.82, 2.24) is 5.32 Å². The van der Waals surface area contributed by atoms with E-state index in [2.05, 4.69) is 12.2 Å². The Morgan fingerprint density at radius 3 is 2.82 bits per heavy atom. The number of hydrogen-bond donors (Lipinski definition) is 1. The van der Waals surface area contributed by atoms with Crippen molar-refractivity contribution < 1.29 is 9.53 Å². The first-order valence-electron chi connectivity index (χ1n) is 4.22. The number of carbonyl (C=O) groups excluding carboxylic acids is 1. The lowest BCUT2D eigenvalue weighted by molar-refractivity contribution is 0.169. The molecule has 0 aromatic heterocycles. The molecule has 0 radical (unpaired) electrons. The van der Waals surface area contributed by atoms with Gasteiger partial charge in [0.05, 0.1) is 5.54 Å². The Balaban J connectivity index is 2.10. The van der Waals surface area contributed by atoms with Crippen LogP contribution in [-0.4, -0.2) is 18.2 Å². The lowest BCUT2D eigenvalue weighted by Gasteiger charge is -2.23. The van der Waals surface area contributed by atoms with Crippen molar-refractivity contribution in [3.8, 4) is 0 Å². The maximum absolute atomic E-state index is 10.8. The molecule has 1 amide bonds. The molecule has 0 spiro atoms. The van der Waals surface area contributed by atoms with Crippen LogP contribution in [0.3, 0.4) is 0 Å². The third-order valence-electron chi connectivity index (χ3n) is 2.80. The highest BCUT2D eigenvalue weighted by molar-refractivity contribution is 5.70. The van der Waals surface area contributed by atoms with Gasteiger partial charge in [-0.1, -0.05) is 6.92 Å². The molecule has 0 aromatic carbocycles. The first kappa shape index (κ1) is 6.95. The van der Waals surface area contributed by atoms with Crippen molar-refractivity contribution in [2.75, 3.05) is 6.61 Å². The lowest BCUT2D eigenvalue weighted by Crippen LogP contribution is -2.44. The molecule has 1 aliphatic carbocycles. The highest BCUT2D eigenvalue weighted by Gasteiger charge is 2.49. The summed E-state index contributed by atoms with van der Waals surface area (Å²) in [7, 11) is 0. The number of amides is 1. The zero-order chi connectivity index (χ0) is 7.90. The molecule has 1 heterocycles. The highest BCUT2D eigenvalue weighted by atomic mass is 16.6. The molecule has 2 fully saturated rings. The Labute approximate surface area is 66.1 Å². The van der Waals surface area contributed by atoms with E-state index in [1.165, 1.54) is 12.8 Å². The summed E-state index contributed by atoms with van der Waals surface area (Å²) in [5, 5.41) is 2.92. The first-order valence-corrected chi connectivity index (χ1v) is 4.22.